The second-order valence-electron chi connectivity index (χ2n) is 1.95. The van der Waals surface area contributed by atoms with E-state index < -0.39 is 0 Å². The summed E-state index contributed by atoms with van der Waals surface area (Å²) in [5, 5.41) is 0. The van der Waals surface area contributed by atoms with E-state index in [-0.39, 0.29) is 0 Å². The zero-order valence-electron chi connectivity index (χ0n) is 5.30. The van der Waals surface area contributed by atoms with E-state index in [4.69, 9.17) is 0 Å². The summed E-state index contributed by atoms with van der Waals surface area (Å²) in [5.74, 6) is 0. The topological polar surface area (TPSA) is 0 Å². The molecule has 0 heterocycles. The van der Waals surface area contributed by atoms with Crippen LogP contribution in [0.1, 0.15) is 5.56 Å². The van der Waals surface area contributed by atoms with Gasteiger partial charge in [0, 0.05) is 0 Å². The summed E-state index contributed by atoms with van der Waals surface area (Å²) in [6.07, 6.45) is 1.86. The average molecular weight is 169 g/mol. The molecule has 0 saturated heterocycles. The van der Waals surface area contributed by atoms with Gasteiger partial charge in [-0.2, -0.15) is 0 Å². The van der Waals surface area contributed by atoms with Crippen molar-refractivity contribution < 1.29 is 18.3 Å². The quantitative estimate of drug-likeness (QED) is 0.558. The van der Waals surface area contributed by atoms with Gasteiger partial charge in [-0.1, -0.05) is 0 Å². The number of hydrogen-bond donors (Lipinski definition) is 0. The van der Waals surface area contributed by atoms with Gasteiger partial charge in [0.1, 0.15) is 0 Å². The Bertz CT molecular complexity index is 198. The summed E-state index contributed by atoms with van der Waals surface area (Å²) < 4.78 is 1.42. The molecule has 0 atom stereocenters. The van der Waals surface area contributed by atoms with Crippen molar-refractivity contribution in [2.75, 3.05) is 0 Å². The van der Waals surface area contributed by atoms with Crippen LogP contribution in [-0.2, 0) is 18.3 Å². The Morgan fingerprint density at radius 1 is 1.22 bits per heavy atom. The Kier molecular flexibility index (Phi) is 2.18. The molecule has 0 saturated carbocycles. The second kappa shape index (κ2) is 2.93. The van der Waals surface area contributed by atoms with Gasteiger partial charge in [-0.3, -0.25) is 0 Å². The van der Waals surface area contributed by atoms with Gasteiger partial charge in [-0.05, 0) is 0 Å². The third-order valence-electron chi connectivity index (χ3n) is 1.22. The zero-order valence-corrected chi connectivity index (χ0v) is 8.27. The van der Waals surface area contributed by atoms with Crippen molar-refractivity contribution in [2.24, 2.45) is 0 Å². The van der Waals surface area contributed by atoms with E-state index in [0.29, 0.717) is 0 Å². The van der Waals surface area contributed by atoms with E-state index in [1.165, 1.54) is 28.0 Å². The Balaban J connectivity index is 3.01. The molecule has 0 aliphatic rings. The molecule has 0 spiro atoms. The molecule has 0 aliphatic carbocycles. The van der Waals surface area contributed by atoms with Crippen LogP contribution in [-0.4, -0.2) is 0 Å². The van der Waals surface area contributed by atoms with Crippen molar-refractivity contribution in [3.8, 4) is 0 Å². The van der Waals surface area contributed by atoms with Crippen LogP contribution in [0.2, 0.25) is 0 Å². The SMILES string of the molecule is C=Cc1cc[c]([Zn])cc1. The van der Waals surface area contributed by atoms with Crippen molar-refractivity contribution >= 4 is 10.2 Å². The molecule has 0 nitrogen and oxygen atoms in total. The predicted octanol–water partition coefficient (Wildman–Crippen LogP) is 1.50. The fourth-order valence-corrected chi connectivity index (χ4v) is 1.15. The monoisotopic (exact) mass is 167 g/mol. The van der Waals surface area contributed by atoms with Gasteiger partial charge in [0.15, 0.2) is 0 Å². The van der Waals surface area contributed by atoms with Gasteiger partial charge >= 0.3 is 64.9 Å². The van der Waals surface area contributed by atoms with E-state index in [9.17, 15) is 0 Å². The Hall–Kier alpha value is -0.417. The summed E-state index contributed by atoms with van der Waals surface area (Å²) in [5.41, 5.74) is 1.20. The number of hydrogen-bond acceptors (Lipinski definition) is 0. The molecule has 1 rings (SSSR count). The third kappa shape index (κ3) is 1.76. The van der Waals surface area contributed by atoms with Crippen LogP contribution in [0.25, 0.3) is 6.08 Å². The van der Waals surface area contributed by atoms with Crippen LogP contribution in [0.4, 0.5) is 0 Å². The molecule has 0 fully saturated rings. The standard InChI is InChI=1S/C8H7.Zn/c1-2-8-6-4-3-5-7-8;/h2,4-7H,1H2;. The van der Waals surface area contributed by atoms with E-state index in [0.717, 1.165) is 0 Å². The fraction of sp³-hybridized carbons (Fsp3) is 0. The minimum absolute atomic E-state index is 1.20. The summed E-state index contributed by atoms with van der Waals surface area (Å²) in [6, 6.07) is 8.45. The maximum atomic E-state index is 3.67. The Morgan fingerprint density at radius 3 is 2.22 bits per heavy atom. The van der Waals surface area contributed by atoms with Gasteiger partial charge < -0.3 is 0 Å². The number of benzene rings is 1. The van der Waals surface area contributed by atoms with Gasteiger partial charge in [-0.25, -0.2) is 0 Å². The molecule has 41 valence electrons. The first-order chi connectivity index (χ1) is 4.33. The Labute approximate surface area is 65.3 Å². The van der Waals surface area contributed by atoms with E-state index in [2.05, 4.69) is 30.8 Å². The first-order valence-electron chi connectivity index (χ1n) is 2.87. The normalized spacial score (nSPS) is 9.11. The summed E-state index contributed by atoms with van der Waals surface area (Å²) in [4.78, 5) is 0. The van der Waals surface area contributed by atoms with Crippen LogP contribution >= 0.6 is 0 Å². The van der Waals surface area contributed by atoms with E-state index in [1.54, 1.807) is 0 Å². The molecule has 9 heavy (non-hydrogen) atoms. The van der Waals surface area contributed by atoms with Crippen LogP contribution in [0, 0.1) is 0 Å². The molecule has 0 aromatic heterocycles. The summed E-state index contributed by atoms with van der Waals surface area (Å²) in [7, 11) is 0. The molecule has 1 heteroatoms. The van der Waals surface area contributed by atoms with Crippen LogP contribution < -0.4 is 4.16 Å². The molecular weight excluding hydrogens is 161 g/mol. The molecule has 1 aromatic carbocycles. The van der Waals surface area contributed by atoms with Crippen molar-refractivity contribution in [1.82, 2.24) is 0 Å². The number of rotatable bonds is 1. The van der Waals surface area contributed by atoms with Crippen molar-refractivity contribution in [1.29, 1.82) is 0 Å². The van der Waals surface area contributed by atoms with Crippen molar-refractivity contribution in [3.05, 3.63) is 36.4 Å². The Morgan fingerprint density at radius 2 is 1.78 bits per heavy atom. The second-order valence-corrected chi connectivity index (χ2v) is 3.66. The van der Waals surface area contributed by atoms with Crippen LogP contribution in [0.15, 0.2) is 30.8 Å². The van der Waals surface area contributed by atoms with E-state index in [1.807, 2.05) is 6.08 Å². The molecule has 0 radical (unpaired) electrons. The minimum atomic E-state index is 1.20. The molecule has 0 N–H and O–H groups in total. The van der Waals surface area contributed by atoms with Gasteiger partial charge in [0.25, 0.3) is 0 Å². The average Bonchev–Trinajstić information content (AvgIpc) is 1.90. The van der Waals surface area contributed by atoms with E-state index >= 15 is 0 Å². The maximum absolute atomic E-state index is 3.67. The van der Waals surface area contributed by atoms with Crippen LogP contribution in [0.3, 0.4) is 0 Å². The molecule has 0 unspecified atom stereocenters. The summed E-state index contributed by atoms with van der Waals surface area (Å²) >= 11 is 1.23. The zero-order chi connectivity index (χ0) is 6.69. The van der Waals surface area contributed by atoms with Crippen molar-refractivity contribution in [3.63, 3.8) is 0 Å². The molecule has 1 aromatic rings. The van der Waals surface area contributed by atoms with Crippen molar-refractivity contribution in [2.45, 2.75) is 0 Å². The first-order valence-corrected chi connectivity index (χ1v) is 4.36. The third-order valence-corrected chi connectivity index (χ3v) is 2.20. The fourth-order valence-electron chi connectivity index (χ4n) is 0.654. The van der Waals surface area contributed by atoms with Gasteiger partial charge in [-0.15, -0.1) is 0 Å². The van der Waals surface area contributed by atoms with Crippen LogP contribution in [0.5, 0.6) is 0 Å². The van der Waals surface area contributed by atoms with Gasteiger partial charge in [0.2, 0.25) is 0 Å². The summed E-state index contributed by atoms with van der Waals surface area (Å²) in [6.45, 7) is 3.67. The van der Waals surface area contributed by atoms with Gasteiger partial charge in [0.05, 0.1) is 0 Å². The molecule has 0 bridgehead atoms. The molecule has 0 aliphatic heterocycles. The molecule has 0 amide bonds. The first kappa shape index (κ1) is 6.70. The molecular formula is C8H7Zn. The predicted molar refractivity (Wildman–Crippen MR) is 36.2 cm³/mol.